The van der Waals surface area contributed by atoms with Crippen molar-refractivity contribution in [3.8, 4) is 0 Å². The van der Waals surface area contributed by atoms with Crippen molar-refractivity contribution < 1.29 is 27.9 Å². The minimum absolute atomic E-state index is 0.107. The minimum Gasteiger partial charge on any atom is -0.378 e. The average Bonchev–Trinajstić information content (AvgIpc) is 2.48. The summed E-state index contributed by atoms with van der Waals surface area (Å²) >= 11 is 5.51. The van der Waals surface area contributed by atoms with Crippen molar-refractivity contribution in [2.24, 2.45) is 5.73 Å². The molecule has 0 radical (unpaired) electrons. The second kappa shape index (κ2) is 6.48. The number of hydrogen-bond acceptors (Lipinski definition) is 3. The van der Waals surface area contributed by atoms with Crippen LogP contribution in [0.1, 0.15) is 18.4 Å². The molecule has 1 saturated heterocycles. The molecule has 132 valence electrons. The molecule has 1 aliphatic rings. The molecule has 1 heterocycles. The summed E-state index contributed by atoms with van der Waals surface area (Å²) in [5.41, 5.74) is 2.09. The van der Waals surface area contributed by atoms with Crippen LogP contribution in [0.2, 0.25) is 5.02 Å². The standard InChI is InChI=1S/C14H15ClF3N3O3/c15-10-3-2-8(6-9(10)14(16,17)18)20-12(23)21-5-1-4-13(24,7-21)11(19)22/h2-3,6,24H,1,4-5,7H2,(H2,19,22)(H,20,23). The number of benzene rings is 1. The summed E-state index contributed by atoms with van der Waals surface area (Å²) in [6.07, 6.45) is -4.21. The highest BCUT2D eigenvalue weighted by Crippen LogP contribution is 2.36. The largest absolute Gasteiger partial charge is 0.417 e. The number of aliphatic hydroxyl groups is 1. The van der Waals surface area contributed by atoms with Gasteiger partial charge in [0.2, 0.25) is 0 Å². The Kier molecular flexibility index (Phi) is 4.95. The summed E-state index contributed by atoms with van der Waals surface area (Å²) in [5, 5.41) is 11.9. The number of carbonyl (C=O) groups excluding carboxylic acids is 2. The van der Waals surface area contributed by atoms with Crippen molar-refractivity contribution in [3.05, 3.63) is 28.8 Å². The lowest BCUT2D eigenvalue weighted by Crippen LogP contribution is -2.57. The van der Waals surface area contributed by atoms with Crippen LogP contribution < -0.4 is 11.1 Å². The van der Waals surface area contributed by atoms with Crippen LogP contribution >= 0.6 is 11.6 Å². The van der Waals surface area contributed by atoms with Gasteiger partial charge in [0, 0.05) is 12.2 Å². The van der Waals surface area contributed by atoms with Gasteiger partial charge in [-0.25, -0.2) is 4.79 Å². The van der Waals surface area contributed by atoms with Gasteiger partial charge in [0.25, 0.3) is 5.91 Å². The number of nitrogens with two attached hydrogens (primary N) is 1. The van der Waals surface area contributed by atoms with E-state index in [0.29, 0.717) is 12.5 Å². The molecule has 0 bridgehead atoms. The summed E-state index contributed by atoms with van der Waals surface area (Å²) in [4.78, 5) is 24.6. The monoisotopic (exact) mass is 365 g/mol. The lowest BCUT2D eigenvalue weighted by atomic mass is 9.92. The van der Waals surface area contributed by atoms with Crippen LogP contribution in [-0.4, -0.2) is 40.6 Å². The fourth-order valence-electron chi connectivity index (χ4n) is 2.43. The number of primary amides is 1. The van der Waals surface area contributed by atoms with Crippen LogP contribution in [0, 0.1) is 0 Å². The zero-order valence-electron chi connectivity index (χ0n) is 12.4. The van der Waals surface area contributed by atoms with E-state index in [2.05, 4.69) is 5.32 Å². The van der Waals surface area contributed by atoms with Crippen LogP contribution in [0.5, 0.6) is 0 Å². The van der Waals surface area contributed by atoms with E-state index >= 15 is 0 Å². The first-order valence-electron chi connectivity index (χ1n) is 6.98. The molecule has 1 aliphatic heterocycles. The van der Waals surface area contributed by atoms with Crippen molar-refractivity contribution in [2.75, 3.05) is 18.4 Å². The molecule has 2 rings (SSSR count). The Bertz CT molecular complexity index is 668. The number of urea groups is 1. The van der Waals surface area contributed by atoms with E-state index in [9.17, 15) is 27.9 Å². The van der Waals surface area contributed by atoms with E-state index in [1.165, 1.54) is 6.07 Å². The van der Waals surface area contributed by atoms with Gasteiger partial charge in [-0.15, -0.1) is 0 Å². The first-order valence-corrected chi connectivity index (χ1v) is 7.36. The molecule has 0 aliphatic carbocycles. The average molecular weight is 366 g/mol. The number of hydrogen-bond donors (Lipinski definition) is 3. The number of rotatable bonds is 2. The van der Waals surface area contributed by atoms with Gasteiger partial charge >= 0.3 is 12.2 Å². The maximum atomic E-state index is 12.8. The summed E-state index contributed by atoms with van der Waals surface area (Å²) in [6.45, 7) is -0.0883. The van der Waals surface area contributed by atoms with Gasteiger partial charge in [0.05, 0.1) is 17.1 Å². The Morgan fingerprint density at radius 1 is 1.38 bits per heavy atom. The fourth-order valence-corrected chi connectivity index (χ4v) is 2.66. The van der Waals surface area contributed by atoms with E-state index in [4.69, 9.17) is 17.3 Å². The molecule has 1 unspecified atom stereocenters. The molecule has 0 spiro atoms. The maximum Gasteiger partial charge on any atom is 0.417 e. The minimum atomic E-state index is -4.66. The van der Waals surface area contributed by atoms with Gasteiger partial charge in [0.1, 0.15) is 0 Å². The first-order chi connectivity index (χ1) is 11.0. The number of β-amino-alcohol motifs (C(OH)–C–C–N with tert-alkyl or cyclic N) is 1. The van der Waals surface area contributed by atoms with Crippen LogP contribution in [-0.2, 0) is 11.0 Å². The van der Waals surface area contributed by atoms with Gasteiger partial charge < -0.3 is 21.1 Å². The van der Waals surface area contributed by atoms with Gasteiger partial charge in [-0.2, -0.15) is 13.2 Å². The van der Waals surface area contributed by atoms with Crippen molar-refractivity contribution in [1.82, 2.24) is 4.90 Å². The molecule has 1 atom stereocenters. The third-order valence-electron chi connectivity index (χ3n) is 3.74. The van der Waals surface area contributed by atoms with Crippen LogP contribution in [0.25, 0.3) is 0 Å². The molecule has 4 N–H and O–H groups in total. The maximum absolute atomic E-state index is 12.8. The topological polar surface area (TPSA) is 95.7 Å². The van der Waals surface area contributed by atoms with E-state index < -0.39 is 34.3 Å². The number of nitrogens with zero attached hydrogens (tertiary/aromatic N) is 1. The van der Waals surface area contributed by atoms with E-state index in [0.717, 1.165) is 11.0 Å². The molecule has 3 amide bonds. The Labute approximate surface area is 140 Å². The highest BCUT2D eigenvalue weighted by atomic mass is 35.5. The third kappa shape index (κ3) is 3.90. The lowest BCUT2D eigenvalue weighted by Gasteiger charge is -2.36. The van der Waals surface area contributed by atoms with Gasteiger partial charge in [0.15, 0.2) is 5.60 Å². The SMILES string of the molecule is NC(=O)C1(O)CCCN(C(=O)Nc2ccc(Cl)c(C(F)(F)F)c2)C1. The van der Waals surface area contributed by atoms with Crippen LogP contribution in [0.4, 0.5) is 23.7 Å². The Morgan fingerprint density at radius 2 is 2.04 bits per heavy atom. The zero-order chi connectivity index (χ0) is 18.1. The summed E-state index contributed by atoms with van der Waals surface area (Å²) in [6, 6.07) is 2.21. The third-order valence-corrected chi connectivity index (χ3v) is 4.07. The normalized spacial score (nSPS) is 21.5. The molecule has 0 saturated carbocycles. The quantitative estimate of drug-likeness (QED) is 0.749. The van der Waals surface area contributed by atoms with Crippen molar-refractivity contribution >= 4 is 29.2 Å². The number of halogens is 4. The molecule has 1 fully saturated rings. The summed E-state index contributed by atoms with van der Waals surface area (Å²) < 4.78 is 38.5. The predicted octanol–water partition coefficient (Wildman–Crippen LogP) is 2.20. The lowest BCUT2D eigenvalue weighted by molar-refractivity contribution is -0.140. The number of likely N-dealkylation sites (tertiary alicyclic amines) is 1. The second-order valence-electron chi connectivity index (χ2n) is 5.54. The Morgan fingerprint density at radius 3 is 2.62 bits per heavy atom. The molecule has 6 nitrogen and oxygen atoms in total. The van der Waals surface area contributed by atoms with E-state index in [1.54, 1.807) is 0 Å². The van der Waals surface area contributed by atoms with Gasteiger partial charge in [-0.3, -0.25) is 4.79 Å². The van der Waals surface area contributed by atoms with Crippen molar-refractivity contribution in [2.45, 2.75) is 24.6 Å². The number of amides is 3. The Hall–Kier alpha value is -2.00. The molecular weight excluding hydrogens is 351 g/mol. The second-order valence-corrected chi connectivity index (χ2v) is 5.95. The van der Waals surface area contributed by atoms with Crippen molar-refractivity contribution in [3.63, 3.8) is 0 Å². The number of alkyl halides is 3. The molecule has 0 aromatic heterocycles. The van der Waals surface area contributed by atoms with E-state index in [1.807, 2.05) is 0 Å². The Balaban J connectivity index is 2.14. The molecule has 1 aromatic carbocycles. The van der Waals surface area contributed by atoms with Gasteiger partial charge in [-0.05, 0) is 31.0 Å². The predicted molar refractivity (Wildman–Crippen MR) is 80.4 cm³/mol. The van der Waals surface area contributed by atoms with Gasteiger partial charge in [-0.1, -0.05) is 11.6 Å². The van der Waals surface area contributed by atoms with Crippen LogP contribution in [0.3, 0.4) is 0 Å². The van der Waals surface area contributed by atoms with Crippen molar-refractivity contribution in [1.29, 1.82) is 0 Å². The van der Waals surface area contributed by atoms with E-state index in [-0.39, 0.29) is 25.2 Å². The molecular formula is C14H15ClF3N3O3. The summed E-state index contributed by atoms with van der Waals surface area (Å²) in [7, 11) is 0. The highest BCUT2D eigenvalue weighted by molar-refractivity contribution is 6.31. The first kappa shape index (κ1) is 18.3. The number of carbonyl (C=O) groups is 2. The molecule has 1 aromatic rings. The number of piperidine rings is 1. The summed E-state index contributed by atoms with van der Waals surface area (Å²) in [5.74, 6) is -0.953. The number of nitrogens with one attached hydrogen (secondary N) is 1. The highest BCUT2D eigenvalue weighted by Gasteiger charge is 2.40. The molecule has 24 heavy (non-hydrogen) atoms. The fraction of sp³-hybridized carbons (Fsp3) is 0.429. The molecule has 10 heteroatoms. The zero-order valence-corrected chi connectivity index (χ0v) is 13.1. The number of anilines is 1. The van der Waals surface area contributed by atoms with Crippen LogP contribution in [0.15, 0.2) is 18.2 Å². The smallest absolute Gasteiger partial charge is 0.378 e.